The number of H-pyrrole nitrogens is 1. The highest BCUT2D eigenvalue weighted by atomic mass is 16.2. The van der Waals surface area contributed by atoms with Crippen molar-refractivity contribution in [2.75, 3.05) is 4.90 Å². The first-order chi connectivity index (χ1) is 14.0. The number of rotatable bonds is 6. The molecule has 3 aromatic rings. The van der Waals surface area contributed by atoms with Gasteiger partial charge >= 0.3 is 6.03 Å². The second-order valence-electron chi connectivity index (χ2n) is 7.01. The average molecular weight is 391 g/mol. The molecule has 1 fully saturated rings. The van der Waals surface area contributed by atoms with Gasteiger partial charge in [0.05, 0.1) is 11.9 Å². The van der Waals surface area contributed by atoms with Crippen LogP contribution in [0.3, 0.4) is 0 Å². The molecule has 148 valence electrons. The summed E-state index contributed by atoms with van der Waals surface area (Å²) in [5, 5.41) is 14.0. The topological polar surface area (TPSA) is 107 Å². The minimum atomic E-state index is -0.720. The number of carbonyl (C=O) groups excluding carboxylic acids is 3. The first-order valence-corrected chi connectivity index (χ1v) is 9.42. The van der Waals surface area contributed by atoms with Crippen molar-refractivity contribution in [3.63, 3.8) is 0 Å². The predicted octanol–water partition coefficient (Wildman–Crippen LogP) is 2.39. The number of amides is 4. The Balaban J connectivity index is 1.40. The molecule has 1 atom stereocenters. The average Bonchev–Trinajstić information content (AvgIpc) is 3.26. The third-order valence-corrected chi connectivity index (χ3v) is 5.10. The molecular weight excluding hydrogens is 370 g/mol. The summed E-state index contributed by atoms with van der Waals surface area (Å²) >= 11 is 0. The molecule has 1 aromatic heterocycles. The number of aromatic amines is 1. The van der Waals surface area contributed by atoms with Crippen LogP contribution in [0.1, 0.15) is 24.1 Å². The second-order valence-corrected chi connectivity index (χ2v) is 7.01. The van der Waals surface area contributed by atoms with Crippen LogP contribution in [0.2, 0.25) is 0 Å². The van der Waals surface area contributed by atoms with Gasteiger partial charge in [-0.25, -0.2) is 9.69 Å². The maximum absolute atomic E-state index is 12.9. The lowest BCUT2D eigenvalue weighted by Gasteiger charge is -2.15. The van der Waals surface area contributed by atoms with Crippen LogP contribution >= 0.6 is 0 Å². The van der Waals surface area contributed by atoms with Crippen LogP contribution in [0.5, 0.6) is 0 Å². The summed E-state index contributed by atoms with van der Waals surface area (Å²) in [5.41, 5.74) is 2.35. The number of aromatic nitrogens is 2. The van der Waals surface area contributed by atoms with Gasteiger partial charge in [0.1, 0.15) is 6.04 Å². The van der Waals surface area contributed by atoms with Crippen LogP contribution in [-0.2, 0) is 16.1 Å². The highest BCUT2D eigenvalue weighted by molar-refractivity contribution is 6.24. The molecule has 0 bridgehead atoms. The van der Waals surface area contributed by atoms with Crippen LogP contribution in [0.4, 0.5) is 10.5 Å². The van der Waals surface area contributed by atoms with Crippen molar-refractivity contribution < 1.29 is 14.4 Å². The molecular formula is C21H21N5O3. The van der Waals surface area contributed by atoms with Crippen molar-refractivity contribution >= 4 is 34.3 Å². The van der Waals surface area contributed by atoms with Crippen molar-refractivity contribution in [2.24, 2.45) is 0 Å². The van der Waals surface area contributed by atoms with Crippen LogP contribution in [0, 0.1) is 6.92 Å². The van der Waals surface area contributed by atoms with Crippen molar-refractivity contribution in [1.82, 2.24) is 20.8 Å². The van der Waals surface area contributed by atoms with Crippen molar-refractivity contribution in [2.45, 2.75) is 32.4 Å². The summed E-state index contributed by atoms with van der Waals surface area (Å²) < 4.78 is 0. The van der Waals surface area contributed by atoms with Gasteiger partial charge in [0.15, 0.2) is 0 Å². The van der Waals surface area contributed by atoms with Crippen molar-refractivity contribution in [3.8, 4) is 0 Å². The molecule has 1 aliphatic heterocycles. The molecule has 0 radical (unpaired) electrons. The zero-order valence-electron chi connectivity index (χ0n) is 15.9. The maximum Gasteiger partial charge on any atom is 0.329 e. The monoisotopic (exact) mass is 391 g/mol. The molecule has 2 aromatic carbocycles. The van der Waals surface area contributed by atoms with E-state index in [2.05, 4.69) is 20.8 Å². The Hall–Kier alpha value is -3.68. The van der Waals surface area contributed by atoms with Gasteiger partial charge in [-0.1, -0.05) is 36.4 Å². The number of fused-ring (bicyclic) bond motifs is 1. The largest absolute Gasteiger partial charge is 0.352 e. The number of nitrogens with one attached hydrogen (secondary N) is 3. The number of carbonyl (C=O) groups is 3. The summed E-state index contributed by atoms with van der Waals surface area (Å²) in [6.45, 7) is 2.25. The Morgan fingerprint density at radius 2 is 1.97 bits per heavy atom. The number of imide groups is 1. The molecule has 4 amide bonds. The lowest BCUT2D eigenvalue weighted by molar-refractivity contribution is -0.122. The van der Waals surface area contributed by atoms with Gasteiger partial charge in [0.25, 0.3) is 5.91 Å². The van der Waals surface area contributed by atoms with E-state index in [1.165, 1.54) is 4.90 Å². The van der Waals surface area contributed by atoms with Crippen LogP contribution in [0.15, 0.2) is 48.7 Å². The van der Waals surface area contributed by atoms with E-state index in [1.54, 1.807) is 12.3 Å². The summed E-state index contributed by atoms with van der Waals surface area (Å²) in [5.74, 6) is -0.527. The number of nitrogens with zero attached hydrogens (tertiary/aromatic N) is 2. The van der Waals surface area contributed by atoms with Crippen LogP contribution in [0.25, 0.3) is 10.8 Å². The second kappa shape index (κ2) is 7.75. The maximum atomic E-state index is 12.9. The van der Waals surface area contributed by atoms with Crippen LogP contribution in [-0.4, -0.2) is 34.1 Å². The quantitative estimate of drug-likeness (QED) is 0.561. The van der Waals surface area contributed by atoms with Crippen LogP contribution < -0.4 is 15.5 Å². The summed E-state index contributed by atoms with van der Waals surface area (Å²) in [6.07, 6.45) is 2.04. The number of anilines is 1. The Morgan fingerprint density at radius 1 is 1.17 bits per heavy atom. The van der Waals surface area contributed by atoms with E-state index in [0.717, 1.165) is 22.0 Å². The fourth-order valence-electron chi connectivity index (χ4n) is 3.47. The molecule has 29 heavy (non-hydrogen) atoms. The van der Waals surface area contributed by atoms with E-state index >= 15 is 0 Å². The van der Waals surface area contributed by atoms with Gasteiger partial charge in [-0.2, -0.15) is 5.10 Å². The molecule has 1 unspecified atom stereocenters. The summed E-state index contributed by atoms with van der Waals surface area (Å²) in [6, 6.07) is 11.9. The molecule has 2 heterocycles. The minimum absolute atomic E-state index is 0.136. The number of benzene rings is 2. The number of aryl methyl sites for hydroxylation is 1. The van der Waals surface area contributed by atoms with Gasteiger partial charge in [-0.3, -0.25) is 14.7 Å². The summed E-state index contributed by atoms with van der Waals surface area (Å²) in [7, 11) is 0. The Morgan fingerprint density at radius 3 is 2.76 bits per heavy atom. The van der Waals surface area contributed by atoms with E-state index in [1.807, 2.05) is 43.3 Å². The molecule has 3 N–H and O–H groups in total. The van der Waals surface area contributed by atoms with Crippen molar-refractivity contribution in [3.05, 3.63) is 59.9 Å². The fraction of sp³-hybridized carbons (Fsp3) is 0.238. The molecule has 0 saturated carbocycles. The molecule has 4 rings (SSSR count). The number of urea groups is 1. The SMILES string of the molecule is Cc1[nH]ncc1CNC(=O)CCC1NC(=O)N(c2cccc3ccccc23)C1=O. The fourth-order valence-corrected chi connectivity index (χ4v) is 3.47. The zero-order valence-corrected chi connectivity index (χ0v) is 15.9. The lowest BCUT2D eigenvalue weighted by Crippen LogP contribution is -2.32. The molecule has 8 heteroatoms. The molecule has 0 aliphatic carbocycles. The molecule has 8 nitrogen and oxygen atoms in total. The minimum Gasteiger partial charge on any atom is -0.352 e. The first kappa shape index (κ1) is 18.7. The first-order valence-electron chi connectivity index (χ1n) is 9.42. The van der Waals surface area contributed by atoms with Gasteiger partial charge in [-0.05, 0) is 24.8 Å². The number of hydrogen-bond donors (Lipinski definition) is 3. The Kier molecular flexibility index (Phi) is 4.99. The summed E-state index contributed by atoms with van der Waals surface area (Å²) in [4.78, 5) is 38.7. The third kappa shape index (κ3) is 3.69. The van der Waals surface area contributed by atoms with E-state index < -0.39 is 12.1 Å². The van der Waals surface area contributed by atoms with Gasteiger partial charge in [-0.15, -0.1) is 0 Å². The van der Waals surface area contributed by atoms with E-state index in [-0.39, 0.29) is 24.7 Å². The standard InChI is InChI=1S/C21H21N5O3/c1-13-15(12-23-25-13)11-22-19(27)10-9-17-20(28)26(21(29)24-17)18-8-4-6-14-5-2-3-7-16(14)18/h2-8,12,17H,9-11H2,1H3,(H,22,27)(H,23,25)(H,24,29). The Bertz CT molecular complexity index is 1090. The Labute approximate surface area is 167 Å². The highest BCUT2D eigenvalue weighted by Gasteiger charge is 2.39. The van der Waals surface area contributed by atoms with E-state index in [0.29, 0.717) is 12.2 Å². The smallest absolute Gasteiger partial charge is 0.329 e. The molecule has 1 saturated heterocycles. The highest BCUT2D eigenvalue weighted by Crippen LogP contribution is 2.29. The van der Waals surface area contributed by atoms with E-state index in [9.17, 15) is 14.4 Å². The number of hydrogen-bond acceptors (Lipinski definition) is 4. The van der Waals surface area contributed by atoms with Gasteiger partial charge in [0, 0.05) is 29.6 Å². The normalized spacial score (nSPS) is 16.3. The third-order valence-electron chi connectivity index (χ3n) is 5.10. The zero-order chi connectivity index (χ0) is 20.4. The molecule has 1 aliphatic rings. The predicted molar refractivity (Wildman–Crippen MR) is 108 cm³/mol. The lowest BCUT2D eigenvalue weighted by atomic mass is 10.1. The van der Waals surface area contributed by atoms with Gasteiger partial charge < -0.3 is 10.6 Å². The van der Waals surface area contributed by atoms with E-state index in [4.69, 9.17) is 0 Å². The van der Waals surface area contributed by atoms with Crippen molar-refractivity contribution in [1.29, 1.82) is 0 Å². The molecule has 0 spiro atoms. The van der Waals surface area contributed by atoms with Gasteiger partial charge in [0.2, 0.25) is 5.91 Å².